The molecular formula is C18H15BrN2OS. The van der Waals surface area contributed by atoms with Crippen molar-refractivity contribution in [2.24, 2.45) is 0 Å². The van der Waals surface area contributed by atoms with Gasteiger partial charge in [0.1, 0.15) is 0 Å². The van der Waals surface area contributed by atoms with Gasteiger partial charge in [-0.05, 0) is 33.6 Å². The lowest BCUT2D eigenvalue weighted by Gasteiger charge is -1.97. The van der Waals surface area contributed by atoms with Crippen LogP contribution in [0.25, 0.3) is 17.5 Å². The SMILES string of the molecule is Brc1ccccc1-c1nnc(CSC/C=C/c2ccccc2)o1. The summed E-state index contributed by atoms with van der Waals surface area (Å²) in [5, 5.41) is 8.22. The van der Waals surface area contributed by atoms with Crippen molar-refractivity contribution in [2.45, 2.75) is 5.75 Å². The van der Waals surface area contributed by atoms with Gasteiger partial charge in [0.25, 0.3) is 0 Å². The number of rotatable bonds is 6. The van der Waals surface area contributed by atoms with Gasteiger partial charge in [-0.15, -0.1) is 22.0 Å². The van der Waals surface area contributed by atoms with E-state index in [1.165, 1.54) is 5.56 Å². The van der Waals surface area contributed by atoms with E-state index in [0.717, 1.165) is 15.8 Å². The number of hydrogen-bond donors (Lipinski definition) is 0. The molecule has 0 aliphatic carbocycles. The lowest BCUT2D eigenvalue weighted by molar-refractivity contribution is 0.528. The summed E-state index contributed by atoms with van der Waals surface area (Å²) in [4.78, 5) is 0. The van der Waals surface area contributed by atoms with E-state index in [0.29, 0.717) is 17.5 Å². The maximum absolute atomic E-state index is 5.72. The molecule has 3 aromatic rings. The highest BCUT2D eigenvalue weighted by Gasteiger charge is 2.10. The Hall–Kier alpha value is -1.85. The predicted molar refractivity (Wildman–Crippen MR) is 99.1 cm³/mol. The fourth-order valence-electron chi connectivity index (χ4n) is 2.02. The van der Waals surface area contributed by atoms with E-state index in [-0.39, 0.29) is 0 Å². The smallest absolute Gasteiger partial charge is 0.248 e. The van der Waals surface area contributed by atoms with Gasteiger partial charge in [-0.1, -0.05) is 54.6 Å². The average molecular weight is 387 g/mol. The van der Waals surface area contributed by atoms with E-state index in [1.54, 1.807) is 11.8 Å². The number of aromatic nitrogens is 2. The first-order valence-corrected chi connectivity index (χ1v) is 9.14. The molecule has 0 fully saturated rings. The van der Waals surface area contributed by atoms with Gasteiger partial charge >= 0.3 is 0 Å². The number of halogens is 1. The molecule has 0 saturated heterocycles. The van der Waals surface area contributed by atoms with Crippen LogP contribution < -0.4 is 0 Å². The summed E-state index contributed by atoms with van der Waals surface area (Å²) in [6.07, 6.45) is 4.26. The Morgan fingerprint density at radius 1 is 1.00 bits per heavy atom. The summed E-state index contributed by atoms with van der Waals surface area (Å²) < 4.78 is 6.67. The monoisotopic (exact) mass is 386 g/mol. The van der Waals surface area contributed by atoms with Gasteiger partial charge in [0, 0.05) is 10.2 Å². The minimum atomic E-state index is 0.549. The highest BCUT2D eigenvalue weighted by molar-refractivity contribution is 9.10. The quantitative estimate of drug-likeness (QED) is 0.528. The van der Waals surface area contributed by atoms with Crippen LogP contribution in [0.5, 0.6) is 0 Å². The van der Waals surface area contributed by atoms with Crippen LogP contribution in [0.3, 0.4) is 0 Å². The van der Waals surface area contributed by atoms with Crippen molar-refractivity contribution < 1.29 is 4.42 Å². The molecule has 0 atom stereocenters. The molecule has 0 amide bonds. The van der Waals surface area contributed by atoms with E-state index >= 15 is 0 Å². The van der Waals surface area contributed by atoms with E-state index < -0.39 is 0 Å². The van der Waals surface area contributed by atoms with E-state index in [2.05, 4.69) is 50.4 Å². The second-order valence-electron chi connectivity index (χ2n) is 4.81. The van der Waals surface area contributed by atoms with E-state index in [9.17, 15) is 0 Å². The fraction of sp³-hybridized carbons (Fsp3) is 0.111. The van der Waals surface area contributed by atoms with Gasteiger partial charge in [0.15, 0.2) is 0 Å². The maximum Gasteiger partial charge on any atom is 0.248 e. The first-order chi connectivity index (χ1) is 11.3. The zero-order valence-electron chi connectivity index (χ0n) is 12.4. The minimum absolute atomic E-state index is 0.549. The molecule has 1 aromatic heterocycles. The van der Waals surface area contributed by atoms with Crippen LogP contribution in [0, 0.1) is 0 Å². The minimum Gasteiger partial charge on any atom is -0.420 e. The second-order valence-corrected chi connectivity index (χ2v) is 6.69. The van der Waals surface area contributed by atoms with Crippen LogP contribution >= 0.6 is 27.7 Å². The molecule has 5 heteroatoms. The van der Waals surface area contributed by atoms with E-state index in [1.807, 2.05) is 42.5 Å². The normalized spacial score (nSPS) is 11.2. The summed E-state index contributed by atoms with van der Waals surface area (Å²) in [7, 11) is 0. The largest absolute Gasteiger partial charge is 0.420 e. The van der Waals surface area contributed by atoms with Crippen LogP contribution in [0.1, 0.15) is 11.5 Å². The second kappa shape index (κ2) is 8.13. The van der Waals surface area contributed by atoms with Crippen molar-refractivity contribution in [2.75, 3.05) is 5.75 Å². The van der Waals surface area contributed by atoms with E-state index in [4.69, 9.17) is 4.42 Å². The van der Waals surface area contributed by atoms with Gasteiger partial charge in [-0.25, -0.2) is 0 Å². The van der Waals surface area contributed by atoms with Crippen molar-refractivity contribution >= 4 is 33.8 Å². The number of benzene rings is 2. The first kappa shape index (κ1) is 16.0. The van der Waals surface area contributed by atoms with Crippen LogP contribution in [-0.4, -0.2) is 16.0 Å². The molecule has 23 heavy (non-hydrogen) atoms. The number of nitrogens with zero attached hydrogens (tertiary/aromatic N) is 2. The fourth-order valence-corrected chi connectivity index (χ4v) is 3.11. The molecule has 0 bridgehead atoms. The zero-order valence-corrected chi connectivity index (χ0v) is 14.8. The third-order valence-corrected chi connectivity index (χ3v) is 4.69. The summed E-state index contributed by atoms with van der Waals surface area (Å²) >= 11 is 5.24. The van der Waals surface area contributed by atoms with Gasteiger partial charge in [-0.2, -0.15) is 0 Å². The molecule has 116 valence electrons. The van der Waals surface area contributed by atoms with Gasteiger partial charge in [0.2, 0.25) is 11.8 Å². The summed E-state index contributed by atoms with van der Waals surface area (Å²) in [6, 6.07) is 18.1. The van der Waals surface area contributed by atoms with Crippen molar-refractivity contribution in [1.29, 1.82) is 0 Å². The topological polar surface area (TPSA) is 38.9 Å². The summed E-state index contributed by atoms with van der Waals surface area (Å²) in [6.45, 7) is 0. The molecular weight excluding hydrogens is 372 g/mol. The molecule has 0 unspecified atom stereocenters. The molecule has 3 nitrogen and oxygen atoms in total. The van der Waals surface area contributed by atoms with Crippen LogP contribution in [0.4, 0.5) is 0 Å². The third kappa shape index (κ3) is 4.56. The predicted octanol–water partition coefficient (Wildman–Crippen LogP) is 5.45. The lowest BCUT2D eigenvalue weighted by atomic mass is 10.2. The Balaban J connectivity index is 1.52. The Morgan fingerprint density at radius 2 is 1.78 bits per heavy atom. The lowest BCUT2D eigenvalue weighted by Crippen LogP contribution is -1.81. The van der Waals surface area contributed by atoms with Gasteiger partial charge < -0.3 is 4.42 Å². The number of hydrogen-bond acceptors (Lipinski definition) is 4. The molecule has 3 rings (SSSR count). The molecule has 0 saturated carbocycles. The van der Waals surface area contributed by atoms with Gasteiger partial charge in [0.05, 0.1) is 11.3 Å². The van der Waals surface area contributed by atoms with Gasteiger partial charge in [-0.3, -0.25) is 0 Å². The van der Waals surface area contributed by atoms with Crippen LogP contribution in [-0.2, 0) is 5.75 Å². The highest BCUT2D eigenvalue weighted by Crippen LogP contribution is 2.27. The standard InChI is InChI=1S/C18H15BrN2OS/c19-16-11-5-4-10-15(16)18-21-20-17(22-18)13-23-12-6-9-14-7-2-1-3-8-14/h1-11H,12-13H2/b9-6+. The molecule has 0 aliphatic heterocycles. The van der Waals surface area contributed by atoms with Crippen molar-refractivity contribution in [3.05, 3.63) is 76.6 Å². The summed E-state index contributed by atoms with van der Waals surface area (Å²) in [5.41, 5.74) is 2.13. The third-order valence-electron chi connectivity index (χ3n) is 3.12. The van der Waals surface area contributed by atoms with Crippen molar-refractivity contribution in [3.63, 3.8) is 0 Å². The Bertz CT molecular complexity index is 786. The first-order valence-electron chi connectivity index (χ1n) is 7.19. The number of thioether (sulfide) groups is 1. The summed E-state index contributed by atoms with van der Waals surface area (Å²) in [5.74, 6) is 2.81. The maximum atomic E-state index is 5.72. The van der Waals surface area contributed by atoms with Crippen LogP contribution in [0.2, 0.25) is 0 Å². The van der Waals surface area contributed by atoms with Crippen LogP contribution in [0.15, 0.2) is 69.6 Å². The zero-order chi connectivity index (χ0) is 15.9. The Labute approximate surface area is 148 Å². The Morgan fingerprint density at radius 3 is 2.61 bits per heavy atom. The molecule has 0 radical (unpaired) electrons. The molecule has 0 N–H and O–H groups in total. The Kier molecular flexibility index (Phi) is 5.66. The molecule has 0 spiro atoms. The van der Waals surface area contributed by atoms with Crippen molar-refractivity contribution in [3.8, 4) is 11.5 Å². The molecule has 0 aliphatic rings. The molecule has 2 aromatic carbocycles. The van der Waals surface area contributed by atoms with Crippen molar-refractivity contribution in [1.82, 2.24) is 10.2 Å². The highest BCUT2D eigenvalue weighted by atomic mass is 79.9. The molecule has 1 heterocycles. The average Bonchev–Trinajstić information content (AvgIpc) is 3.04.